The fourth-order valence-corrected chi connectivity index (χ4v) is 2.71. The highest BCUT2D eigenvalue weighted by molar-refractivity contribution is 5.69. The van der Waals surface area contributed by atoms with Crippen molar-refractivity contribution in [1.82, 2.24) is 14.9 Å². The molecule has 0 aromatic carbocycles. The monoisotopic (exact) mass is 350 g/mol. The van der Waals surface area contributed by atoms with Gasteiger partial charge < -0.3 is 19.6 Å². The van der Waals surface area contributed by atoms with Crippen molar-refractivity contribution in [1.29, 1.82) is 0 Å². The lowest BCUT2D eigenvalue weighted by Gasteiger charge is -2.36. The van der Waals surface area contributed by atoms with Crippen LogP contribution in [0.3, 0.4) is 0 Å². The average Bonchev–Trinajstić information content (AvgIpc) is 2.52. The standard InChI is InChI=1S/C17H26N4O4/c1-12-13(5-6-14(22)23)15(19-11-18-12)20-7-9-21(10-8-20)16(24)25-17(2,3)4/h11H,5-10H2,1-4H3,(H,22,23). The molecule has 8 heteroatoms. The third-order valence-electron chi connectivity index (χ3n) is 3.96. The van der Waals surface area contributed by atoms with E-state index in [1.807, 2.05) is 27.7 Å². The van der Waals surface area contributed by atoms with Crippen LogP contribution >= 0.6 is 0 Å². The summed E-state index contributed by atoms with van der Waals surface area (Å²) in [6.07, 6.45) is 1.62. The molecule has 1 aromatic heterocycles. The molecular weight excluding hydrogens is 324 g/mol. The topological polar surface area (TPSA) is 95.9 Å². The number of anilines is 1. The van der Waals surface area contributed by atoms with E-state index in [9.17, 15) is 9.59 Å². The third-order valence-corrected chi connectivity index (χ3v) is 3.96. The molecule has 1 saturated heterocycles. The number of amides is 1. The first-order valence-electron chi connectivity index (χ1n) is 8.42. The van der Waals surface area contributed by atoms with Crippen LogP contribution in [0.4, 0.5) is 10.6 Å². The number of aryl methyl sites for hydroxylation is 1. The molecule has 0 radical (unpaired) electrons. The highest BCUT2D eigenvalue weighted by Gasteiger charge is 2.27. The van der Waals surface area contributed by atoms with Crippen LogP contribution in [0.25, 0.3) is 0 Å². The van der Waals surface area contributed by atoms with E-state index in [4.69, 9.17) is 9.84 Å². The van der Waals surface area contributed by atoms with Gasteiger partial charge in [-0.1, -0.05) is 0 Å². The Labute approximate surface area is 147 Å². The van der Waals surface area contributed by atoms with Gasteiger partial charge in [0, 0.05) is 43.9 Å². The first-order chi connectivity index (χ1) is 11.7. The first-order valence-corrected chi connectivity index (χ1v) is 8.42. The Morgan fingerprint density at radius 2 is 1.84 bits per heavy atom. The van der Waals surface area contributed by atoms with Gasteiger partial charge in [0.05, 0.1) is 0 Å². The molecule has 8 nitrogen and oxygen atoms in total. The van der Waals surface area contributed by atoms with E-state index < -0.39 is 11.6 Å². The van der Waals surface area contributed by atoms with Crippen LogP contribution in [0.5, 0.6) is 0 Å². The predicted octanol–water partition coefficient (Wildman–Crippen LogP) is 1.86. The number of aliphatic carboxylic acids is 1. The summed E-state index contributed by atoms with van der Waals surface area (Å²) < 4.78 is 5.40. The van der Waals surface area contributed by atoms with Gasteiger partial charge in [-0.3, -0.25) is 4.79 Å². The molecule has 1 aromatic rings. The third kappa shape index (κ3) is 5.30. The molecule has 25 heavy (non-hydrogen) atoms. The van der Waals surface area contributed by atoms with Crippen LogP contribution in [0.15, 0.2) is 6.33 Å². The molecule has 138 valence electrons. The first kappa shape index (κ1) is 19.0. The second kappa shape index (κ2) is 7.67. The van der Waals surface area contributed by atoms with Crippen molar-refractivity contribution >= 4 is 17.9 Å². The van der Waals surface area contributed by atoms with Crippen molar-refractivity contribution in [3.63, 3.8) is 0 Å². The number of nitrogens with zero attached hydrogens (tertiary/aromatic N) is 4. The smallest absolute Gasteiger partial charge is 0.410 e. The van der Waals surface area contributed by atoms with Crippen molar-refractivity contribution in [2.45, 2.75) is 46.1 Å². The number of carbonyl (C=O) groups excluding carboxylic acids is 1. The number of hydrogen-bond acceptors (Lipinski definition) is 6. The highest BCUT2D eigenvalue weighted by Crippen LogP contribution is 2.23. The summed E-state index contributed by atoms with van der Waals surface area (Å²) in [4.78, 5) is 35.3. The number of hydrogen-bond donors (Lipinski definition) is 1. The van der Waals surface area contributed by atoms with Crippen LogP contribution in [-0.2, 0) is 16.0 Å². The summed E-state index contributed by atoms with van der Waals surface area (Å²) in [7, 11) is 0. The van der Waals surface area contributed by atoms with Gasteiger partial charge in [0.1, 0.15) is 17.7 Å². The maximum Gasteiger partial charge on any atom is 0.410 e. The molecule has 1 fully saturated rings. The van der Waals surface area contributed by atoms with E-state index in [1.54, 1.807) is 4.90 Å². The lowest BCUT2D eigenvalue weighted by Crippen LogP contribution is -2.50. The van der Waals surface area contributed by atoms with Crippen LogP contribution in [0.2, 0.25) is 0 Å². The fraction of sp³-hybridized carbons (Fsp3) is 0.647. The summed E-state index contributed by atoms with van der Waals surface area (Å²) in [5.74, 6) is -0.0819. The number of carboxylic acids is 1. The molecule has 1 amide bonds. The summed E-state index contributed by atoms with van der Waals surface area (Å²) in [6, 6.07) is 0. The minimum Gasteiger partial charge on any atom is -0.481 e. The number of aromatic nitrogens is 2. The normalized spacial score (nSPS) is 15.2. The average molecular weight is 350 g/mol. The molecule has 1 N–H and O–H groups in total. The van der Waals surface area contributed by atoms with Crippen molar-refractivity contribution < 1.29 is 19.4 Å². The maximum absolute atomic E-state index is 12.1. The molecule has 0 aliphatic carbocycles. The van der Waals surface area contributed by atoms with Gasteiger partial charge in [0.15, 0.2) is 0 Å². The van der Waals surface area contributed by atoms with Gasteiger partial charge >= 0.3 is 12.1 Å². The van der Waals surface area contributed by atoms with E-state index in [1.165, 1.54) is 6.33 Å². The zero-order valence-electron chi connectivity index (χ0n) is 15.3. The lowest BCUT2D eigenvalue weighted by molar-refractivity contribution is -0.136. The van der Waals surface area contributed by atoms with Gasteiger partial charge in [-0.05, 0) is 34.1 Å². The quantitative estimate of drug-likeness (QED) is 0.885. The van der Waals surface area contributed by atoms with Crippen molar-refractivity contribution in [2.75, 3.05) is 31.1 Å². The molecule has 0 spiro atoms. The maximum atomic E-state index is 12.1. The van der Waals surface area contributed by atoms with E-state index in [-0.39, 0.29) is 12.5 Å². The Morgan fingerprint density at radius 3 is 2.40 bits per heavy atom. The molecule has 0 unspecified atom stereocenters. The van der Waals surface area contributed by atoms with Gasteiger partial charge in [0.2, 0.25) is 0 Å². The van der Waals surface area contributed by atoms with E-state index in [0.29, 0.717) is 32.6 Å². The number of rotatable bonds is 4. The van der Waals surface area contributed by atoms with Gasteiger partial charge in [-0.15, -0.1) is 0 Å². The summed E-state index contributed by atoms with van der Waals surface area (Å²) in [6.45, 7) is 9.72. The van der Waals surface area contributed by atoms with Crippen LogP contribution in [-0.4, -0.2) is 63.8 Å². The fourth-order valence-electron chi connectivity index (χ4n) is 2.71. The number of carboxylic acid groups (broad SMARTS) is 1. The Balaban J connectivity index is 2.04. The number of ether oxygens (including phenoxy) is 1. The second-order valence-corrected chi connectivity index (χ2v) is 7.11. The number of piperazine rings is 1. The highest BCUT2D eigenvalue weighted by atomic mass is 16.6. The SMILES string of the molecule is Cc1ncnc(N2CCN(C(=O)OC(C)(C)C)CC2)c1CCC(=O)O. The van der Waals surface area contributed by atoms with Crippen LogP contribution < -0.4 is 4.90 Å². The molecular formula is C17H26N4O4. The molecule has 1 aliphatic rings. The van der Waals surface area contributed by atoms with Crippen LogP contribution in [0, 0.1) is 6.92 Å². The number of carbonyl (C=O) groups is 2. The Kier molecular flexibility index (Phi) is 5.81. The van der Waals surface area contributed by atoms with Crippen molar-refractivity contribution in [2.24, 2.45) is 0 Å². The molecule has 2 rings (SSSR count). The Morgan fingerprint density at radius 1 is 1.20 bits per heavy atom. The second-order valence-electron chi connectivity index (χ2n) is 7.11. The van der Waals surface area contributed by atoms with Gasteiger partial charge in [-0.2, -0.15) is 0 Å². The molecule has 0 saturated carbocycles. The van der Waals surface area contributed by atoms with Crippen molar-refractivity contribution in [3.8, 4) is 0 Å². The van der Waals surface area contributed by atoms with E-state index in [2.05, 4.69) is 14.9 Å². The molecule has 2 heterocycles. The van der Waals surface area contributed by atoms with Crippen LogP contribution in [0.1, 0.15) is 38.4 Å². The predicted molar refractivity (Wildman–Crippen MR) is 92.7 cm³/mol. The van der Waals surface area contributed by atoms with E-state index in [0.717, 1.165) is 17.1 Å². The molecule has 0 atom stereocenters. The largest absolute Gasteiger partial charge is 0.481 e. The molecule has 0 bridgehead atoms. The lowest BCUT2D eigenvalue weighted by atomic mass is 10.1. The molecule has 1 aliphatic heterocycles. The van der Waals surface area contributed by atoms with E-state index >= 15 is 0 Å². The van der Waals surface area contributed by atoms with Gasteiger partial charge in [-0.25, -0.2) is 14.8 Å². The van der Waals surface area contributed by atoms with Crippen molar-refractivity contribution in [3.05, 3.63) is 17.6 Å². The zero-order chi connectivity index (χ0) is 18.6. The summed E-state index contributed by atoms with van der Waals surface area (Å²) >= 11 is 0. The minimum absolute atomic E-state index is 0.0408. The Bertz CT molecular complexity index is 634. The summed E-state index contributed by atoms with van der Waals surface area (Å²) in [5.41, 5.74) is 1.14. The Hall–Kier alpha value is -2.38. The summed E-state index contributed by atoms with van der Waals surface area (Å²) in [5, 5.41) is 8.94. The minimum atomic E-state index is -0.844. The zero-order valence-corrected chi connectivity index (χ0v) is 15.3. The van der Waals surface area contributed by atoms with Gasteiger partial charge in [0.25, 0.3) is 0 Å².